The van der Waals surface area contributed by atoms with Crippen molar-refractivity contribution in [3.05, 3.63) is 0 Å². The molecule has 3 heteroatoms. The Labute approximate surface area is 79.4 Å². The molecule has 0 aromatic heterocycles. The lowest BCUT2D eigenvalue weighted by molar-refractivity contribution is -0.0695. The Balaban J connectivity index is 2.29. The highest BCUT2D eigenvalue weighted by molar-refractivity contribution is 8.01. The number of hydrogen-bond donors (Lipinski definition) is 0. The normalized spacial score (nSPS) is 59.1. The summed E-state index contributed by atoms with van der Waals surface area (Å²) in [5.74, 6) is 0. The zero-order chi connectivity index (χ0) is 9.64. The van der Waals surface area contributed by atoms with Gasteiger partial charge >= 0.3 is 0 Å². The van der Waals surface area contributed by atoms with Crippen molar-refractivity contribution in [3.63, 3.8) is 0 Å². The second-order valence-electron chi connectivity index (χ2n) is 3.46. The molecule has 2 heterocycles. The molecule has 2 nitrogen and oxygen atoms in total. The summed E-state index contributed by atoms with van der Waals surface area (Å²) in [5, 5.41) is 0.661. The minimum atomic E-state index is -0.397. The Morgan fingerprint density at radius 1 is 1.83 bits per heavy atom. The largest absolute Gasteiger partial charge is 0.377 e. The Morgan fingerprint density at radius 3 is 3.08 bits per heavy atom. The predicted octanol–water partition coefficient (Wildman–Crippen LogP) is 1.68. The number of hydrogen-bond acceptors (Lipinski definition) is 3. The van der Waals surface area contributed by atoms with Crippen LogP contribution in [0, 0.1) is 0 Å². The molecule has 0 saturated carbocycles. The Kier molecular flexibility index (Phi) is 1.85. The van der Waals surface area contributed by atoms with E-state index in [9.17, 15) is 0 Å². The third kappa shape index (κ3) is 0.903. The monoisotopic (exact) mass is 190 g/mol. The van der Waals surface area contributed by atoms with Gasteiger partial charge in [-0.3, -0.25) is 0 Å². The van der Waals surface area contributed by atoms with Crippen molar-refractivity contribution in [2.75, 3.05) is 13.7 Å². The van der Waals surface area contributed by atoms with Gasteiger partial charge in [0, 0.05) is 12.4 Å². The molecule has 2 bridgehead atoms. The summed E-state index contributed by atoms with van der Waals surface area (Å²) in [7, 11) is 1.72. The lowest BCUT2D eigenvalue weighted by Gasteiger charge is -2.33. The zero-order valence-corrected chi connectivity index (χ0v) is 8.56. The lowest BCUT2D eigenvalue weighted by Crippen LogP contribution is -2.44. The van der Waals surface area contributed by atoms with E-state index in [2.05, 4.69) is 13.8 Å². The van der Waals surface area contributed by atoms with Crippen LogP contribution in [0.1, 0.15) is 21.6 Å². The van der Waals surface area contributed by atoms with Crippen molar-refractivity contribution < 1.29 is 10.8 Å². The van der Waals surface area contributed by atoms with Crippen LogP contribution < -0.4 is 0 Å². The summed E-state index contributed by atoms with van der Waals surface area (Å²) in [5.41, 5.74) is -0.198. The van der Waals surface area contributed by atoms with Crippen molar-refractivity contribution in [3.8, 4) is 0 Å². The number of thioether (sulfide) groups is 1. The van der Waals surface area contributed by atoms with Gasteiger partial charge in [0.2, 0.25) is 0 Å². The molecule has 0 amide bonds. The van der Waals surface area contributed by atoms with Gasteiger partial charge in [-0.15, -0.1) is 11.8 Å². The molecule has 0 aromatic carbocycles. The average Bonchev–Trinajstić information content (AvgIpc) is 2.54. The van der Waals surface area contributed by atoms with Crippen LogP contribution in [0.4, 0.5) is 0 Å². The summed E-state index contributed by atoms with van der Waals surface area (Å²) < 4.78 is 18.9. The summed E-state index contributed by atoms with van der Waals surface area (Å²) in [6, 6.07) is 0. The van der Waals surface area contributed by atoms with E-state index in [1.54, 1.807) is 7.11 Å². The molecule has 0 radical (unpaired) electrons. The molecule has 0 aliphatic carbocycles. The topological polar surface area (TPSA) is 18.5 Å². The first-order valence-electron chi connectivity index (χ1n) is 5.01. The van der Waals surface area contributed by atoms with Crippen LogP contribution >= 0.6 is 11.8 Å². The lowest BCUT2D eigenvalue weighted by atomic mass is 9.91. The molecule has 2 aliphatic heterocycles. The first-order valence-corrected chi connectivity index (χ1v) is 5.38. The van der Waals surface area contributed by atoms with E-state index >= 15 is 0 Å². The van der Waals surface area contributed by atoms with Crippen LogP contribution in [-0.4, -0.2) is 35.9 Å². The van der Waals surface area contributed by atoms with Crippen molar-refractivity contribution in [2.45, 2.75) is 42.5 Å². The van der Waals surface area contributed by atoms with E-state index in [1.807, 2.05) is 11.8 Å². The highest BCUT2D eigenvalue weighted by Crippen LogP contribution is 2.52. The number of ether oxygens (including phenoxy) is 2. The van der Waals surface area contributed by atoms with Crippen LogP contribution in [0.2, 0.25) is 0 Å². The average molecular weight is 190 g/mol. The second kappa shape index (κ2) is 2.89. The van der Waals surface area contributed by atoms with Gasteiger partial charge in [-0.25, -0.2) is 0 Å². The summed E-state index contributed by atoms with van der Waals surface area (Å²) in [6.45, 7) is 3.89. The Bertz CT molecular complexity index is 214. The maximum absolute atomic E-state index is 7.75. The maximum atomic E-state index is 7.75. The van der Waals surface area contributed by atoms with Gasteiger partial charge in [0.15, 0.2) is 0 Å². The maximum Gasteiger partial charge on any atom is 0.107 e. The summed E-state index contributed by atoms with van der Waals surface area (Å²) >= 11 is 1.84. The molecular formula is C9H16O2S. The molecule has 2 rings (SSSR count). The smallest absolute Gasteiger partial charge is 0.107 e. The zero-order valence-electron chi connectivity index (χ0n) is 8.74. The number of fused-ring (bicyclic) bond motifs is 2. The van der Waals surface area contributed by atoms with Crippen LogP contribution in [-0.2, 0) is 9.47 Å². The van der Waals surface area contributed by atoms with E-state index in [1.165, 1.54) is 0 Å². The standard InChI is InChI=1S/C9H16O2S/c1-4-9-6(2)12-7(5-11-9)8(9)10-3/h6-8H,4-5H2,1-3H3/t6-,7-,8-,9-/m0/s1/i5T/t5-,6-,7-,8-,9-. The molecule has 2 aliphatic rings. The van der Waals surface area contributed by atoms with Gasteiger partial charge in [-0.05, 0) is 6.42 Å². The van der Waals surface area contributed by atoms with Crippen molar-refractivity contribution in [1.29, 1.82) is 0 Å². The Morgan fingerprint density at radius 2 is 2.58 bits per heavy atom. The predicted molar refractivity (Wildman–Crippen MR) is 50.6 cm³/mol. The van der Waals surface area contributed by atoms with Crippen molar-refractivity contribution in [2.24, 2.45) is 0 Å². The molecule has 5 atom stereocenters. The SMILES string of the molecule is [3H][C@@H]1O[C@@]2(CC)[C@H](C)S[C@@H]1[C@@H]2OC. The van der Waals surface area contributed by atoms with Crippen LogP contribution in [0.25, 0.3) is 0 Å². The fraction of sp³-hybridized carbons (Fsp3) is 1.00. The van der Waals surface area contributed by atoms with Gasteiger partial charge < -0.3 is 9.47 Å². The fourth-order valence-electron chi connectivity index (χ4n) is 2.30. The van der Waals surface area contributed by atoms with Crippen LogP contribution in [0.3, 0.4) is 0 Å². The van der Waals surface area contributed by atoms with E-state index in [0.29, 0.717) is 5.25 Å². The molecule has 2 saturated heterocycles. The van der Waals surface area contributed by atoms with E-state index in [-0.39, 0.29) is 17.0 Å². The van der Waals surface area contributed by atoms with Gasteiger partial charge in [0.1, 0.15) is 11.7 Å². The minimum Gasteiger partial charge on any atom is -0.377 e. The van der Waals surface area contributed by atoms with Gasteiger partial charge in [-0.1, -0.05) is 13.8 Å². The first kappa shape index (κ1) is 7.65. The quantitative estimate of drug-likeness (QED) is 0.660. The van der Waals surface area contributed by atoms with E-state index < -0.39 is 6.58 Å². The Hall–Kier alpha value is 0.270. The van der Waals surface area contributed by atoms with Gasteiger partial charge in [-0.2, -0.15) is 0 Å². The summed E-state index contributed by atoms with van der Waals surface area (Å²) in [4.78, 5) is 0. The molecule has 0 aromatic rings. The molecule has 0 N–H and O–H groups in total. The molecule has 0 unspecified atom stereocenters. The molecule has 0 spiro atoms. The van der Waals surface area contributed by atoms with Crippen molar-refractivity contribution >= 4 is 11.8 Å². The fourth-order valence-corrected chi connectivity index (χ4v) is 3.96. The second-order valence-corrected chi connectivity index (χ2v) is 4.99. The minimum absolute atomic E-state index is 0.111. The number of rotatable bonds is 2. The third-order valence-corrected chi connectivity index (χ3v) is 4.54. The number of methoxy groups -OCH3 is 1. The van der Waals surface area contributed by atoms with E-state index in [0.717, 1.165) is 6.42 Å². The molecule has 70 valence electrons. The van der Waals surface area contributed by atoms with Crippen LogP contribution in [0.15, 0.2) is 0 Å². The van der Waals surface area contributed by atoms with Crippen LogP contribution in [0.5, 0.6) is 0 Å². The van der Waals surface area contributed by atoms with Crippen molar-refractivity contribution in [1.82, 2.24) is 0 Å². The highest BCUT2D eigenvalue weighted by Gasteiger charge is 2.59. The third-order valence-electron chi connectivity index (χ3n) is 3.06. The first-order chi connectivity index (χ1) is 6.15. The highest BCUT2D eigenvalue weighted by atomic mass is 32.2. The van der Waals surface area contributed by atoms with E-state index in [4.69, 9.17) is 10.8 Å². The van der Waals surface area contributed by atoms with Gasteiger partial charge in [0.05, 0.1) is 13.2 Å². The van der Waals surface area contributed by atoms with Gasteiger partial charge in [0.25, 0.3) is 0 Å². The molecule has 2 fully saturated rings. The molecule has 12 heavy (non-hydrogen) atoms. The molecular weight excluding hydrogens is 172 g/mol. The summed E-state index contributed by atoms with van der Waals surface area (Å²) in [6.07, 6.45) is 1.05.